The second-order valence-electron chi connectivity index (χ2n) is 7.74. The van der Waals surface area contributed by atoms with E-state index in [9.17, 15) is 28.0 Å². The average Bonchev–Trinajstić information content (AvgIpc) is 2.95. The maximum Gasteiger partial charge on any atom is 0.262 e. The zero-order valence-corrected chi connectivity index (χ0v) is 16.2. The van der Waals surface area contributed by atoms with E-state index < -0.39 is 36.1 Å². The van der Waals surface area contributed by atoms with Gasteiger partial charge in [-0.25, -0.2) is 8.78 Å². The van der Waals surface area contributed by atoms with Crippen LogP contribution in [0.5, 0.6) is 0 Å². The van der Waals surface area contributed by atoms with Gasteiger partial charge in [-0.15, -0.1) is 0 Å². The van der Waals surface area contributed by atoms with Gasteiger partial charge in [-0.2, -0.15) is 0 Å². The number of nitrogens with zero attached hydrogens (tertiary/aromatic N) is 2. The number of imide groups is 2. The first-order chi connectivity index (χ1) is 14.4. The number of carbonyl (C=O) groups excluding carboxylic acids is 4. The van der Waals surface area contributed by atoms with Gasteiger partial charge in [0.1, 0.15) is 6.04 Å². The van der Waals surface area contributed by atoms with E-state index in [4.69, 9.17) is 0 Å². The van der Waals surface area contributed by atoms with E-state index in [0.717, 1.165) is 4.90 Å². The van der Waals surface area contributed by atoms with Crippen LogP contribution in [-0.2, 0) is 16.1 Å². The molecule has 2 unspecified atom stereocenters. The summed E-state index contributed by atoms with van der Waals surface area (Å²) in [5.41, 5.74) is 0.978. The van der Waals surface area contributed by atoms with Crippen molar-refractivity contribution in [3.63, 3.8) is 0 Å². The third-order valence-electron chi connectivity index (χ3n) is 5.85. The highest BCUT2D eigenvalue weighted by Crippen LogP contribution is 2.31. The van der Waals surface area contributed by atoms with Crippen molar-refractivity contribution >= 4 is 23.6 Å². The minimum Gasteiger partial charge on any atom is -0.314 e. The van der Waals surface area contributed by atoms with Gasteiger partial charge >= 0.3 is 0 Å². The van der Waals surface area contributed by atoms with Crippen molar-refractivity contribution in [2.24, 2.45) is 0 Å². The van der Waals surface area contributed by atoms with Crippen molar-refractivity contribution < 1.29 is 28.0 Å². The van der Waals surface area contributed by atoms with E-state index in [1.54, 1.807) is 12.1 Å². The number of halogens is 2. The van der Waals surface area contributed by atoms with Crippen LogP contribution >= 0.6 is 0 Å². The molecule has 30 heavy (non-hydrogen) atoms. The van der Waals surface area contributed by atoms with Gasteiger partial charge in [-0.1, -0.05) is 12.1 Å². The molecule has 0 aliphatic carbocycles. The number of piperazine rings is 1. The zero-order valence-electron chi connectivity index (χ0n) is 16.2. The molecule has 1 aromatic rings. The van der Waals surface area contributed by atoms with E-state index in [1.165, 1.54) is 6.07 Å². The Bertz CT molecular complexity index is 907. The van der Waals surface area contributed by atoms with Crippen LogP contribution in [0, 0.1) is 0 Å². The SMILES string of the molecule is O=C1CCC(N2C(=O)c3cccc(CN4CCNCC4CC(F)F)c3C2=O)C(=O)N1. The highest BCUT2D eigenvalue weighted by atomic mass is 19.3. The Morgan fingerprint density at radius 2 is 1.93 bits per heavy atom. The lowest BCUT2D eigenvalue weighted by Gasteiger charge is -2.36. The summed E-state index contributed by atoms with van der Waals surface area (Å²) in [4.78, 5) is 52.5. The molecule has 4 amide bonds. The molecule has 2 saturated heterocycles. The minimum absolute atomic E-state index is 0.0484. The molecule has 3 aliphatic rings. The quantitative estimate of drug-likeness (QED) is 0.674. The van der Waals surface area contributed by atoms with E-state index in [-0.39, 0.29) is 43.0 Å². The molecule has 0 bridgehead atoms. The number of fused-ring (bicyclic) bond motifs is 1. The summed E-state index contributed by atoms with van der Waals surface area (Å²) in [7, 11) is 0. The van der Waals surface area contributed by atoms with Crippen LogP contribution in [0.2, 0.25) is 0 Å². The first-order valence-electron chi connectivity index (χ1n) is 9.93. The minimum atomic E-state index is -2.44. The fourth-order valence-electron chi connectivity index (χ4n) is 4.38. The van der Waals surface area contributed by atoms with Gasteiger partial charge in [-0.3, -0.25) is 34.3 Å². The fraction of sp³-hybridized carbons (Fsp3) is 0.500. The summed E-state index contributed by atoms with van der Waals surface area (Å²) >= 11 is 0. The predicted octanol–water partition coefficient (Wildman–Crippen LogP) is 0.517. The largest absolute Gasteiger partial charge is 0.314 e. The van der Waals surface area contributed by atoms with Crippen molar-refractivity contribution in [1.82, 2.24) is 20.4 Å². The van der Waals surface area contributed by atoms with E-state index in [0.29, 0.717) is 25.2 Å². The summed E-state index contributed by atoms with van der Waals surface area (Å²) in [6, 6.07) is 3.47. The van der Waals surface area contributed by atoms with Crippen molar-refractivity contribution in [1.29, 1.82) is 0 Å². The lowest BCUT2D eigenvalue weighted by molar-refractivity contribution is -0.136. The summed E-state index contributed by atoms with van der Waals surface area (Å²) in [6.45, 7) is 1.86. The Hall–Kier alpha value is -2.72. The number of carbonyl (C=O) groups is 4. The molecule has 2 fully saturated rings. The van der Waals surface area contributed by atoms with E-state index in [2.05, 4.69) is 10.6 Å². The predicted molar refractivity (Wildman–Crippen MR) is 101 cm³/mol. The van der Waals surface area contributed by atoms with Crippen molar-refractivity contribution in [2.75, 3.05) is 19.6 Å². The number of nitrogens with one attached hydrogen (secondary N) is 2. The maximum atomic E-state index is 13.1. The molecular formula is C20H22F2N4O4. The van der Waals surface area contributed by atoms with Gasteiger partial charge in [0.2, 0.25) is 18.2 Å². The molecule has 2 N–H and O–H groups in total. The van der Waals surface area contributed by atoms with Crippen LogP contribution in [0.4, 0.5) is 8.78 Å². The van der Waals surface area contributed by atoms with Gasteiger partial charge < -0.3 is 5.32 Å². The molecule has 160 valence electrons. The van der Waals surface area contributed by atoms with Crippen LogP contribution < -0.4 is 10.6 Å². The highest BCUT2D eigenvalue weighted by Gasteiger charge is 2.45. The number of hydrogen-bond donors (Lipinski definition) is 2. The monoisotopic (exact) mass is 420 g/mol. The fourth-order valence-corrected chi connectivity index (χ4v) is 4.38. The summed E-state index contributed by atoms with van der Waals surface area (Å²) in [6.07, 6.45) is -2.59. The third-order valence-corrected chi connectivity index (χ3v) is 5.85. The number of piperidine rings is 1. The van der Waals surface area contributed by atoms with Crippen LogP contribution in [0.3, 0.4) is 0 Å². The first-order valence-corrected chi connectivity index (χ1v) is 9.93. The van der Waals surface area contributed by atoms with Gasteiger partial charge in [0.25, 0.3) is 11.8 Å². The van der Waals surface area contributed by atoms with Crippen LogP contribution in [0.1, 0.15) is 45.5 Å². The molecular weight excluding hydrogens is 398 g/mol. The van der Waals surface area contributed by atoms with Gasteiger partial charge in [0.15, 0.2) is 0 Å². The first kappa shape index (κ1) is 20.5. The lowest BCUT2D eigenvalue weighted by Crippen LogP contribution is -2.54. The zero-order chi connectivity index (χ0) is 21.4. The number of benzene rings is 1. The average molecular weight is 420 g/mol. The van der Waals surface area contributed by atoms with Gasteiger partial charge in [-0.05, 0) is 18.1 Å². The Morgan fingerprint density at radius 3 is 2.67 bits per heavy atom. The normalized spacial score (nSPS) is 25.1. The molecule has 1 aromatic carbocycles. The molecule has 2 atom stereocenters. The molecule has 0 spiro atoms. The Labute approximate surface area is 171 Å². The standard InChI is InChI=1S/C20H22F2N4O4/c21-15(22)8-12-9-23-6-7-25(12)10-11-2-1-3-13-17(11)20(30)26(19(13)29)14-4-5-16(27)24-18(14)28/h1-3,12,14-15,23H,4-10H2,(H,24,27,28). The highest BCUT2D eigenvalue weighted by molar-refractivity contribution is 6.24. The van der Waals surface area contributed by atoms with Crippen molar-refractivity contribution in [3.05, 3.63) is 34.9 Å². The molecule has 4 rings (SSSR count). The molecule has 8 nitrogen and oxygen atoms in total. The summed E-state index contributed by atoms with van der Waals surface area (Å²) < 4.78 is 25.9. The Balaban J connectivity index is 1.60. The number of amides is 4. The van der Waals surface area contributed by atoms with Crippen LogP contribution in [-0.4, -0.2) is 71.6 Å². The van der Waals surface area contributed by atoms with Crippen LogP contribution in [0.15, 0.2) is 18.2 Å². The molecule has 10 heteroatoms. The molecule has 0 radical (unpaired) electrons. The summed E-state index contributed by atoms with van der Waals surface area (Å²) in [5.74, 6) is -2.25. The van der Waals surface area contributed by atoms with Gasteiger partial charge in [0, 0.05) is 45.1 Å². The Morgan fingerprint density at radius 1 is 1.13 bits per heavy atom. The number of alkyl halides is 2. The number of hydrogen-bond acceptors (Lipinski definition) is 6. The maximum absolute atomic E-state index is 13.1. The summed E-state index contributed by atoms with van der Waals surface area (Å²) in [5, 5.41) is 5.27. The van der Waals surface area contributed by atoms with Crippen molar-refractivity contribution in [3.8, 4) is 0 Å². The molecule has 3 aliphatic heterocycles. The topological polar surface area (TPSA) is 98.8 Å². The molecule has 3 heterocycles. The van der Waals surface area contributed by atoms with E-state index >= 15 is 0 Å². The Kier molecular flexibility index (Phi) is 5.61. The van der Waals surface area contributed by atoms with Crippen LogP contribution in [0.25, 0.3) is 0 Å². The van der Waals surface area contributed by atoms with Gasteiger partial charge in [0.05, 0.1) is 11.1 Å². The molecule has 0 saturated carbocycles. The van der Waals surface area contributed by atoms with E-state index in [1.807, 2.05) is 4.90 Å². The smallest absolute Gasteiger partial charge is 0.262 e. The van der Waals surface area contributed by atoms with Crippen molar-refractivity contribution in [2.45, 2.75) is 44.3 Å². The second kappa shape index (κ2) is 8.19. The second-order valence-corrected chi connectivity index (χ2v) is 7.74. The number of rotatable bonds is 5. The molecule has 0 aromatic heterocycles. The third kappa shape index (κ3) is 3.72. The lowest BCUT2D eigenvalue weighted by atomic mass is 10.0.